The smallest absolute Gasteiger partial charge is 0.201 e. The van der Waals surface area contributed by atoms with Gasteiger partial charge < -0.3 is 4.98 Å². The summed E-state index contributed by atoms with van der Waals surface area (Å²) in [5.41, 5.74) is 3.59. The van der Waals surface area contributed by atoms with Gasteiger partial charge in [0.25, 0.3) is 0 Å². The molecule has 0 fully saturated rings. The molecule has 0 unspecified atom stereocenters. The van der Waals surface area contributed by atoms with Crippen molar-refractivity contribution in [2.45, 2.75) is 0 Å². The molecule has 0 aromatic carbocycles. The van der Waals surface area contributed by atoms with E-state index in [9.17, 15) is 0 Å². The van der Waals surface area contributed by atoms with Crippen LogP contribution in [0.1, 0.15) is 0 Å². The molecule has 0 amide bonds. The Labute approximate surface area is 102 Å². The molecule has 4 heterocycles. The first-order valence-electron chi connectivity index (χ1n) is 5.43. The fourth-order valence-electron chi connectivity index (χ4n) is 1.57. The molecule has 6 heteroatoms. The van der Waals surface area contributed by atoms with Gasteiger partial charge in [0.05, 0.1) is 11.0 Å². The topological polar surface area (TPSA) is 83.1 Å². The number of hydrogen-bond acceptors (Lipinski definition) is 4. The molecule has 0 aliphatic rings. The van der Waals surface area contributed by atoms with E-state index in [0.29, 0.717) is 5.65 Å². The van der Waals surface area contributed by atoms with Gasteiger partial charge in [-0.1, -0.05) is 0 Å². The maximum Gasteiger partial charge on any atom is 0.201 e. The van der Waals surface area contributed by atoms with Crippen LogP contribution in [0.25, 0.3) is 22.2 Å². The van der Waals surface area contributed by atoms with Gasteiger partial charge in [0.2, 0.25) is 5.65 Å². The van der Waals surface area contributed by atoms with Gasteiger partial charge in [0.1, 0.15) is 5.52 Å². The summed E-state index contributed by atoms with van der Waals surface area (Å²) in [6.45, 7) is 0. The van der Waals surface area contributed by atoms with Gasteiger partial charge in [0, 0.05) is 18.6 Å². The van der Waals surface area contributed by atoms with Crippen LogP contribution in [0.3, 0.4) is 0 Å². The molecule has 0 atom stereocenters. The Balaban J connectivity index is 0.000000111. The third-order valence-corrected chi connectivity index (χ3v) is 2.41. The van der Waals surface area contributed by atoms with E-state index >= 15 is 0 Å². The first-order valence-corrected chi connectivity index (χ1v) is 5.43. The molecule has 0 bridgehead atoms. The second-order valence-corrected chi connectivity index (χ2v) is 3.58. The Hall–Kier alpha value is -2.76. The largest absolute Gasteiger partial charge is 0.360 e. The van der Waals surface area contributed by atoms with E-state index in [4.69, 9.17) is 0 Å². The quantitative estimate of drug-likeness (QED) is 0.490. The Morgan fingerprint density at radius 2 is 1.72 bits per heavy atom. The van der Waals surface area contributed by atoms with Crippen molar-refractivity contribution in [3.8, 4) is 0 Å². The van der Waals surface area contributed by atoms with Crippen molar-refractivity contribution < 1.29 is 0 Å². The molecular weight excluding hydrogens is 228 g/mol. The van der Waals surface area contributed by atoms with Crippen LogP contribution in [0.2, 0.25) is 0 Å². The van der Waals surface area contributed by atoms with Gasteiger partial charge in [-0.3, -0.25) is 4.98 Å². The number of nitrogens with zero attached hydrogens (tertiary/aromatic N) is 4. The average Bonchev–Trinajstić information content (AvgIpc) is 3.08. The van der Waals surface area contributed by atoms with Crippen LogP contribution in [0, 0.1) is 0 Å². The summed E-state index contributed by atoms with van der Waals surface area (Å²) in [5.74, 6) is 0. The molecule has 18 heavy (non-hydrogen) atoms. The molecule has 88 valence electrons. The SMILES string of the molecule is c1cnc2cc[nH]c2c1.c1cnc2n[nH]nc2c1. The monoisotopic (exact) mass is 238 g/mol. The molecule has 4 aromatic rings. The Morgan fingerprint density at radius 3 is 2.61 bits per heavy atom. The molecule has 6 nitrogen and oxygen atoms in total. The van der Waals surface area contributed by atoms with Crippen molar-refractivity contribution in [2.75, 3.05) is 0 Å². The maximum atomic E-state index is 4.11. The fraction of sp³-hybridized carbons (Fsp3) is 0. The maximum absolute atomic E-state index is 4.11. The number of pyridine rings is 2. The summed E-state index contributed by atoms with van der Waals surface area (Å²) in [6, 6.07) is 9.55. The molecule has 4 rings (SSSR count). The predicted molar refractivity (Wildman–Crippen MR) is 67.8 cm³/mol. The van der Waals surface area contributed by atoms with Gasteiger partial charge >= 0.3 is 0 Å². The zero-order valence-corrected chi connectivity index (χ0v) is 9.41. The summed E-state index contributed by atoms with van der Waals surface area (Å²) in [5, 5.41) is 10.1. The van der Waals surface area contributed by atoms with Crippen molar-refractivity contribution in [2.24, 2.45) is 0 Å². The van der Waals surface area contributed by atoms with Crippen molar-refractivity contribution in [3.63, 3.8) is 0 Å². The second-order valence-electron chi connectivity index (χ2n) is 3.58. The Kier molecular flexibility index (Phi) is 2.67. The molecule has 0 saturated heterocycles. The molecule has 0 spiro atoms. The first kappa shape index (κ1) is 10.4. The zero-order valence-electron chi connectivity index (χ0n) is 9.41. The third kappa shape index (κ3) is 2.03. The van der Waals surface area contributed by atoms with E-state index in [2.05, 4.69) is 30.4 Å². The fourth-order valence-corrected chi connectivity index (χ4v) is 1.57. The highest BCUT2D eigenvalue weighted by molar-refractivity contribution is 5.73. The predicted octanol–water partition coefficient (Wildman–Crippen LogP) is 1.92. The summed E-state index contributed by atoms with van der Waals surface area (Å²) < 4.78 is 0. The Bertz CT molecular complexity index is 631. The van der Waals surface area contributed by atoms with E-state index in [1.165, 1.54) is 0 Å². The van der Waals surface area contributed by atoms with Crippen molar-refractivity contribution in [3.05, 3.63) is 48.9 Å². The number of hydrogen-bond donors (Lipinski definition) is 2. The van der Waals surface area contributed by atoms with Gasteiger partial charge in [0.15, 0.2) is 0 Å². The molecule has 4 aromatic heterocycles. The highest BCUT2D eigenvalue weighted by Crippen LogP contribution is 2.05. The first-order chi connectivity index (χ1) is 8.93. The molecule has 2 N–H and O–H groups in total. The number of nitrogens with one attached hydrogen (secondary N) is 2. The summed E-state index contributed by atoms with van der Waals surface area (Å²) in [6.07, 6.45) is 5.36. The lowest BCUT2D eigenvalue weighted by atomic mass is 10.4. The minimum absolute atomic E-state index is 0.664. The third-order valence-electron chi connectivity index (χ3n) is 2.41. The average molecular weight is 238 g/mol. The zero-order chi connectivity index (χ0) is 12.2. The van der Waals surface area contributed by atoms with E-state index in [-0.39, 0.29) is 0 Å². The van der Waals surface area contributed by atoms with Crippen LogP contribution in [-0.2, 0) is 0 Å². The lowest BCUT2D eigenvalue weighted by Crippen LogP contribution is -1.71. The van der Waals surface area contributed by atoms with E-state index in [1.807, 2.05) is 36.5 Å². The molecule has 0 aliphatic carbocycles. The van der Waals surface area contributed by atoms with Crippen LogP contribution in [0.15, 0.2) is 48.9 Å². The van der Waals surface area contributed by atoms with Crippen LogP contribution in [-0.4, -0.2) is 30.4 Å². The summed E-state index contributed by atoms with van der Waals surface area (Å²) in [7, 11) is 0. The van der Waals surface area contributed by atoms with Crippen molar-refractivity contribution in [1.29, 1.82) is 0 Å². The lowest BCUT2D eigenvalue weighted by Gasteiger charge is -1.82. The minimum atomic E-state index is 0.664. The number of rotatable bonds is 0. The highest BCUT2D eigenvalue weighted by atomic mass is 15.3. The summed E-state index contributed by atoms with van der Waals surface area (Å²) in [4.78, 5) is 11.1. The van der Waals surface area contributed by atoms with E-state index in [1.54, 1.807) is 12.4 Å². The normalized spacial score (nSPS) is 10.2. The van der Waals surface area contributed by atoms with Gasteiger partial charge in [-0.15, -0.1) is 5.10 Å². The molecular formula is C12H10N6. The lowest BCUT2D eigenvalue weighted by molar-refractivity contribution is 0.954. The number of fused-ring (bicyclic) bond motifs is 2. The molecule has 0 saturated carbocycles. The number of aromatic amines is 2. The van der Waals surface area contributed by atoms with Crippen LogP contribution in [0.4, 0.5) is 0 Å². The number of aromatic nitrogens is 6. The minimum Gasteiger partial charge on any atom is -0.360 e. The second kappa shape index (κ2) is 4.62. The summed E-state index contributed by atoms with van der Waals surface area (Å²) >= 11 is 0. The van der Waals surface area contributed by atoms with Gasteiger partial charge in [-0.2, -0.15) is 10.3 Å². The van der Waals surface area contributed by atoms with E-state index < -0.39 is 0 Å². The Morgan fingerprint density at radius 1 is 0.833 bits per heavy atom. The highest BCUT2D eigenvalue weighted by Gasteiger charge is 1.92. The molecule has 0 radical (unpaired) electrons. The van der Waals surface area contributed by atoms with Crippen LogP contribution < -0.4 is 0 Å². The van der Waals surface area contributed by atoms with Crippen LogP contribution >= 0.6 is 0 Å². The van der Waals surface area contributed by atoms with Gasteiger partial charge in [-0.25, -0.2) is 4.98 Å². The van der Waals surface area contributed by atoms with E-state index in [0.717, 1.165) is 16.6 Å². The van der Waals surface area contributed by atoms with Crippen molar-refractivity contribution in [1.82, 2.24) is 30.4 Å². The number of H-pyrrole nitrogens is 2. The van der Waals surface area contributed by atoms with Crippen LogP contribution in [0.5, 0.6) is 0 Å². The standard InChI is InChI=1S/C7H6N2.C5H4N4/c1-2-6-7(8-4-1)3-5-9-6;1-2-4-5(6-3-1)8-9-7-4/h1-5,9H;1-3H,(H,6,7,8,9). The van der Waals surface area contributed by atoms with Crippen molar-refractivity contribution >= 4 is 22.2 Å². The van der Waals surface area contributed by atoms with Gasteiger partial charge in [-0.05, 0) is 30.3 Å². The molecule has 0 aliphatic heterocycles.